The Morgan fingerprint density at radius 3 is 2.52 bits per heavy atom. The Balaban J connectivity index is 2.30. The van der Waals surface area contributed by atoms with Gasteiger partial charge >= 0.3 is 12.4 Å². The van der Waals surface area contributed by atoms with Crippen LogP contribution in [-0.4, -0.2) is 45.3 Å². The average molecular weight is 407 g/mol. The first-order valence-corrected chi connectivity index (χ1v) is 9.67. The Morgan fingerprint density at radius 2 is 1.93 bits per heavy atom. The molecular weight excluding hydrogens is 387 g/mol. The number of hydrogen-bond donors (Lipinski definition) is 2. The van der Waals surface area contributed by atoms with Crippen LogP contribution in [0.2, 0.25) is 0 Å². The van der Waals surface area contributed by atoms with Gasteiger partial charge < -0.3 is 15.0 Å². The Hall–Kier alpha value is -2.27. The van der Waals surface area contributed by atoms with Gasteiger partial charge in [-0.05, 0) is 37.5 Å². The molecule has 1 aliphatic rings. The number of piperidine rings is 1. The van der Waals surface area contributed by atoms with E-state index in [0.717, 1.165) is 37.5 Å². The molecule has 1 aliphatic heterocycles. The minimum atomic E-state index is -5.07. The van der Waals surface area contributed by atoms with E-state index >= 15 is 0 Å². The number of nitrogens with one attached hydrogen (secondary N) is 2. The van der Waals surface area contributed by atoms with Crippen molar-refractivity contribution in [1.82, 2.24) is 9.62 Å². The maximum Gasteiger partial charge on any atom is 0.573 e. The molecule has 1 fully saturated rings. The van der Waals surface area contributed by atoms with Crippen LogP contribution < -0.4 is 14.8 Å². The summed E-state index contributed by atoms with van der Waals surface area (Å²) in [6.07, 6.45) is -1.09. The van der Waals surface area contributed by atoms with Gasteiger partial charge in [-0.25, -0.2) is 17.9 Å². The topological polar surface area (TPSA) is 87.7 Å². The third-order valence-electron chi connectivity index (χ3n) is 3.77. The highest BCUT2D eigenvalue weighted by Gasteiger charge is 2.34. The van der Waals surface area contributed by atoms with Crippen molar-refractivity contribution in [3.63, 3.8) is 0 Å². The summed E-state index contributed by atoms with van der Waals surface area (Å²) in [7, 11) is -4.32. The molecule has 2 N–H and O–H groups in total. The smallest absolute Gasteiger partial charge is 0.404 e. The first-order valence-electron chi connectivity index (χ1n) is 8.19. The monoisotopic (exact) mass is 407 g/mol. The first kappa shape index (κ1) is 21.0. The highest BCUT2D eigenvalue weighted by molar-refractivity contribution is 7.89. The maximum absolute atomic E-state index is 12.6. The summed E-state index contributed by atoms with van der Waals surface area (Å²) in [5.74, 6) is -0.893. The van der Waals surface area contributed by atoms with Crippen molar-refractivity contribution < 1.29 is 31.1 Å². The van der Waals surface area contributed by atoms with Gasteiger partial charge in [0.25, 0.3) is 0 Å². The van der Waals surface area contributed by atoms with Gasteiger partial charge in [-0.1, -0.05) is 6.08 Å². The molecule has 150 valence electrons. The predicted octanol–water partition coefficient (Wildman–Crippen LogP) is 3.07. The fraction of sp³-hybridized carbons (Fsp3) is 0.438. The highest BCUT2D eigenvalue weighted by Crippen LogP contribution is 2.32. The minimum Gasteiger partial charge on any atom is -0.404 e. The molecule has 0 radical (unpaired) electrons. The van der Waals surface area contributed by atoms with Gasteiger partial charge in [0.05, 0.1) is 0 Å². The molecule has 0 saturated carbocycles. The summed E-state index contributed by atoms with van der Waals surface area (Å²) in [5.41, 5.74) is 0.0408. The van der Waals surface area contributed by atoms with Crippen molar-refractivity contribution in [3.8, 4) is 5.75 Å². The highest BCUT2D eigenvalue weighted by atomic mass is 32.2. The summed E-state index contributed by atoms with van der Waals surface area (Å²) in [5, 5.41) is 2.51. The molecule has 1 heterocycles. The van der Waals surface area contributed by atoms with Crippen LogP contribution in [0, 0.1) is 0 Å². The number of anilines is 1. The van der Waals surface area contributed by atoms with Gasteiger partial charge in [0, 0.05) is 25.3 Å². The van der Waals surface area contributed by atoms with E-state index in [4.69, 9.17) is 0 Å². The van der Waals surface area contributed by atoms with Crippen LogP contribution in [0.15, 0.2) is 35.7 Å². The van der Waals surface area contributed by atoms with Crippen LogP contribution in [-0.2, 0) is 10.0 Å². The number of nitrogens with zero attached hydrogens (tertiary/aromatic N) is 1. The zero-order chi connectivity index (χ0) is 20.1. The molecule has 0 aromatic heterocycles. The van der Waals surface area contributed by atoms with E-state index in [1.165, 1.54) is 6.08 Å². The number of halogens is 3. The molecule has 27 heavy (non-hydrogen) atoms. The van der Waals surface area contributed by atoms with Gasteiger partial charge in [-0.15, -0.1) is 19.8 Å². The van der Waals surface area contributed by atoms with E-state index in [1.54, 1.807) is 4.90 Å². The Labute approximate surface area is 155 Å². The van der Waals surface area contributed by atoms with Crippen molar-refractivity contribution in [3.05, 3.63) is 30.9 Å². The number of sulfonamides is 1. The predicted molar refractivity (Wildman–Crippen MR) is 93.0 cm³/mol. The SMILES string of the molecule is C=CCNS(=O)(=O)c1cc(NC(=O)N2CCCCC2)ccc1OC(F)(F)F. The van der Waals surface area contributed by atoms with Gasteiger partial charge in [-0.3, -0.25) is 0 Å². The van der Waals surface area contributed by atoms with Gasteiger partial charge in [0.15, 0.2) is 0 Å². The van der Waals surface area contributed by atoms with E-state index in [9.17, 15) is 26.4 Å². The molecule has 0 unspecified atom stereocenters. The number of benzene rings is 1. The van der Waals surface area contributed by atoms with Crippen LogP contribution in [0.5, 0.6) is 5.75 Å². The van der Waals surface area contributed by atoms with Gasteiger partial charge in [0.2, 0.25) is 10.0 Å². The number of carbonyl (C=O) groups is 1. The zero-order valence-corrected chi connectivity index (χ0v) is 15.2. The molecule has 7 nitrogen and oxygen atoms in total. The van der Waals surface area contributed by atoms with E-state index in [1.807, 2.05) is 0 Å². The second-order valence-corrected chi connectivity index (χ2v) is 7.56. The van der Waals surface area contributed by atoms with Crippen molar-refractivity contribution in [2.24, 2.45) is 0 Å². The van der Waals surface area contributed by atoms with Crippen molar-refractivity contribution in [1.29, 1.82) is 0 Å². The van der Waals surface area contributed by atoms with Crippen LogP contribution in [0.3, 0.4) is 0 Å². The zero-order valence-electron chi connectivity index (χ0n) is 14.4. The second-order valence-electron chi connectivity index (χ2n) is 5.83. The number of likely N-dealkylation sites (tertiary alicyclic amines) is 1. The van der Waals surface area contributed by atoms with Crippen molar-refractivity contribution in [2.45, 2.75) is 30.5 Å². The maximum atomic E-state index is 12.6. The lowest BCUT2D eigenvalue weighted by Crippen LogP contribution is -2.38. The second kappa shape index (κ2) is 8.61. The molecule has 1 saturated heterocycles. The number of carbonyl (C=O) groups excluding carboxylic acids is 1. The average Bonchev–Trinajstić information content (AvgIpc) is 2.60. The molecule has 0 bridgehead atoms. The number of ether oxygens (including phenoxy) is 1. The summed E-state index contributed by atoms with van der Waals surface area (Å²) >= 11 is 0. The summed E-state index contributed by atoms with van der Waals surface area (Å²) in [6.45, 7) is 4.29. The lowest BCUT2D eigenvalue weighted by Gasteiger charge is -2.27. The lowest BCUT2D eigenvalue weighted by molar-refractivity contribution is -0.275. The van der Waals surface area contributed by atoms with Gasteiger partial charge in [-0.2, -0.15) is 0 Å². The molecule has 0 spiro atoms. The number of hydrogen-bond acceptors (Lipinski definition) is 4. The molecule has 0 aliphatic carbocycles. The van der Waals surface area contributed by atoms with E-state index in [0.29, 0.717) is 13.1 Å². The number of rotatable bonds is 6. The number of amides is 2. The normalized spacial score (nSPS) is 15.3. The lowest BCUT2D eigenvalue weighted by atomic mass is 10.1. The summed E-state index contributed by atoms with van der Waals surface area (Å²) in [4.78, 5) is 13.1. The largest absolute Gasteiger partial charge is 0.573 e. The molecule has 11 heteroatoms. The van der Waals surface area contributed by atoms with Crippen LogP contribution in [0.25, 0.3) is 0 Å². The molecule has 0 atom stereocenters. The first-order chi connectivity index (χ1) is 12.6. The van der Waals surface area contributed by atoms with Crippen LogP contribution >= 0.6 is 0 Å². The molecule has 2 rings (SSSR count). The third-order valence-corrected chi connectivity index (χ3v) is 5.22. The summed E-state index contributed by atoms with van der Waals surface area (Å²) in [6, 6.07) is 2.48. The van der Waals surface area contributed by atoms with Crippen molar-refractivity contribution >= 4 is 21.7 Å². The molecule has 1 aromatic rings. The van der Waals surface area contributed by atoms with Crippen LogP contribution in [0.4, 0.5) is 23.7 Å². The fourth-order valence-electron chi connectivity index (χ4n) is 2.55. The minimum absolute atomic E-state index is 0.0408. The van der Waals surface area contributed by atoms with Crippen LogP contribution in [0.1, 0.15) is 19.3 Å². The van der Waals surface area contributed by atoms with Crippen molar-refractivity contribution in [2.75, 3.05) is 25.0 Å². The quantitative estimate of drug-likeness (QED) is 0.710. The Bertz CT molecular complexity index is 791. The number of urea groups is 1. The molecule has 2 amide bonds. The third kappa shape index (κ3) is 6.14. The standard InChI is InChI=1S/C16H20F3N3O4S/c1-2-8-20-27(24,25)14-11-12(6-7-13(14)26-16(17,18)19)21-15(23)22-9-4-3-5-10-22/h2,6-7,11,20H,1,3-5,8-10H2,(H,21,23). The van der Waals surface area contributed by atoms with E-state index in [-0.39, 0.29) is 12.2 Å². The van der Waals surface area contributed by atoms with E-state index in [2.05, 4.69) is 21.4 Å². The summed E-state index contributed by atoms with van der Waals surface area (Å²) < 4.78 is 68.3. The Kier molecular flexibility index (Phi) is 6.71. The fourth-order valence-corrected chi connectivity index (χ4v) is 3.70. The van der Waals surface area contributed by atoms with E-state index < -0.39 is 33.1 Å². The molecule has 1 aromatic carbocycles. The Morgan fingerprint density at radius 1 is 1.26 bits per heavy atom. The molecular formula is C16H20F3N3O4S. The number of alkyl halides is 3. The van der Waals surface area contributed by atoms with Gasteiger partial charge in [0.1, 0.15) is 10.6 Å².